The largest absolute Gasteiger partial charge is 0.105 e. The molecule has 0 amide bonds. The predicted molar refractivity (Wildman–Crippen MR) is 58.6 cm³/mol. The molecular formula is C12H21B. The van der Waals surface area contributed by atoms with E-state index in [1.54, 1.807) is 44.9 Å². The van der Waals surface area contributed by atoms with Gasteiger partial charge in [-0.1, -0.05) is 25.1 Å². The highest BCUT2D eigenvalue weighted by Gasteiger charge is 2.54. The van der Waals surface area contributed by atoms with Crippen molar-refractivity contribution in [3.63, 3.8) is 0 Å². The quantitative estimate of drug-likeness (QED) is 0.498. The summed E-state index contributed by atoms with van der Waals surface area (Å²) < 4.78 is 0. The average Bonchev–Trinajstić information content (AvgIpc) is 2.09. The van der Waals surface area contributed by atoms with Crippen molar-refractivity contribution in [2.75, 3.05) is 0 Å². The standard InChI is InChI=1S/C12H21B/c13-11-5-7-12-6-4-9(12)2-1-3-10(12)8-11/h9-11H,1-8,13H2. The topological polar surface area (TPSA) is 0 Å². The predicted octanol–water partition coefficient (Wildman–Crippen LogP) is 2.79. The van der Waals surface area contributed by atoms with Gasteiger partial charge in [-0.05, 0) is 49.4 Å². The number of hydrogen-bond donors (Lipinski definition) is 0. The van der Waals surface area contributed by atoms with Crippen LogP contribution in [0.25, 0.3) is 0 Å². The molecule has 0 heterocycles. The lowest BCUT2D eigenvalue weighted by atomic mass is 9.43. The highest BCUT2D eigenvalue weighted by Crippen LogP contribution is 2.65. The first-order valence-corrected chi connectivity index (χ1v) is 6.31. The number of rotatable bonds is 0. The van der Waals surface area contributed by atoms with E-state index < -0.39 is 0 Å². The molecule has 1 heteroatoms. The molecule has 3 rings (SSSR count). The summed E-state index contributed by atoms with van der Waals surface area (Å²) in [6, 6.07) is 0. The Kier molecular flexibility index (Phi) is 1.79. The summed E-state index contributed by atoms with van der Waals surface area (Å²) in [5, 5.41) is 0. The van der Waals surface area contributed by atoms with Crippen LogP contribution in [0.2, 0.25) is 5.82 Å². The summed E-state index contributed by atoms with van der Waals surface area (Å²) in [7, 11) is 2.47. The van der Waals surface area contributed by atoms with Crippen molar-refractivity contribution in [1.29, 1.82) is 0 Å². The molecule has 0 nitrogen and oxygen atoms in total. The highest BCUT2D eigenvalue weighted by atomic mass is 14.6. The smallest absolute Gasteiger partial charge is 0.0694 e. The van der Waals surface area contributed by atoms with Gasteiger partial charge in [-0.25, -0.2) is 0 Å². The molecule has 0 aromatic rings. The van der Waals surface area contributed by atoms with Crippen LogP contribution >= 0.6 is 0 Å². The van der Waals surface area contributed by atoms with Gasteiger partial charge in [-0.3, -0.25) is 0 Å². The fraction of sp³-hybridized carbons (Fsp3) is 1.00. The van der Waals surface area contributed by atoms with Crippen LogP contribution in [0.4, 0.5) is 0 Å². The van der Waals surface area contributed by atoms with Crippen molar-refractivity contribution >= 4 is 7.85 Å². The minimum absolute atomic E-state index is 0.894. The van der Waals surface area contributed by atoms with E-state index in [4.69, 9.17) is 0 Å². The van der Waals surface area contributed by atoms with Gasteiger partial charge in [0.25, 0.3) is 0 Å². The Hall–Kier alpha value is 0.0649. The van der Waals surface area contributed by atoms with E-state index in [9.17, 15) is 0 Å². The van der Waals surface area contributed by atoms with Crippen LogP contribution in [0, 0.1) is 17.3 Å². The zero-order valence-corrected chi connectivity index (χ0v) is 8.89. The van der Waals surface area contributed by atoms with Crippen molar-refractivity contribution in [3.05, 3.63) is 0 Å². The summed E-state index contributed by atoms with van der Waals surface area (Å²) in [6.07, 6.45) is 12.5. The molecule has 3 fully saturated rings. The molecule has 4 unspecified atom stereocenters. The van der Waals surface area contributed by atoms with Crippen LogP contribution in [0.5, 0.6) is 0 Å². The second-order valence-corrected chi connectivity index (χ2v) is 5.98. The van der Waals surface area contributed by atoms with Crippen molar-refractivity contribution in [2.45, 2.75) is 57.2 Å². The van der Waals surface area contributed by atoms with Crippen LogP contribution in [0.3, 0.4) is 0 Å². The fourth-order valence-electron chi connectivity index (χ4n) is 4.59. The summed E-state index contributed by atoms with van der Waals surface area (Å²) in [4.78, 5) is 0. The fourth-order valence-corrected chi connectivity index (χ4v) is 4.59. The van der Waals surface area contributed by atoms with Gasteiger partial charge < -0.3 is 0 Å². The highest BCUT2D eigenvalue weighted by molar-refractivity contribution is 6.11. The van der Waals surface area contributed by atoms with Gasteiger partial charge in [0.15, 0.2) is 0 Å². The Labute approximate surface area is 82.9 Å². The van der Waals surface area contributed by atoms with Gasteiger partial charge in [0.1, 0.15) is 7.85 Å². The van der Waals surface area contributed by atoms with Gasteiger partial charge in [0.05, 0.1) is 0 Å². The van der Waals surface area contributed by atoms with Crippen molar-refractivity contribution in [2.24, 2.45) is 17.3 Å². The maximum absolute atomic E-state index is 2.47. The first kappa shape index (κ1) is 8.38. The van der Waals surface area contributed by atoms with Crippen LogP contribution in [0.15, 0.2) is 0 Å². The Morgan fingerprint density at radius 2 is 1.69 bits per heavy atom. The maximum atomic E-state index is 2.47. The van der Waals surface area contributed by atoms with Crippen LogP contribution < -0.4 is 0 Å². The summed E-state index contributed by atoms with van der Waals surface area (Å²) >= 11 is 0. The summed E-state index contributed by atoms with van der Waals surface area (Å²) in [5.41, 5.74) is 0.894. The minimum atomic E-state index is 0.894. The first-order valence-electron chi connectivity index (χ1n) is 6.31. The minimum Gasteiger partial charge on any atom is -0.0694 e. The molecule has 0 aliphatic heterocycles. The third-order valence-corrected chi connectivity index (χ3v) is 5.48. The second kappa shape index (κ2) is 2.78. The zero-order valence-electron chi connectivity index (χ0n) is 8.89. The molecule has 0 N–H and O–H groups in total. The van der Waals surface area contributed by atoms with Gasteiger partial charge in [-0.2, -0.15) is 0 Å². The van der Waals surface area contributed by atoms with Crippen molar-refractivity contribution in [3.8, 4) is 0 Å². The summed E-state index contributed by atoms with van der Waals surface area (Å²) in [5.74, 6) is 3.34. The SMILES string of the molecule is BC1CCC23CCC2CCCC3C1. The zero-order chi connectivity index (χ0) is 8.89. The van der Waals surface area contributed by atoms with Gasteiger partial charge in [0, 0.05) is 0 Å². The Morgan fingerprint density at radius 1 is 0.923 bits per heavy atom. The average molecular weight is 176 g/mol. The third kappa shape index (κ3) is 1.05. The van der Waals surface area contributed by atoms with Crippen molar-refractivity contribution < 1.29 is 0 Å². The van der Waals surface area contributed by atoms with Gasteiger partial charge >= 0.3 is 0 Å². The Bertz CT molecular complexity index is 213. The van der Waals surface area contributed by atoms with Gasteiger partial charge in [0.2, 0.25) is 0 Å². The number of hydrogen-bond acceptors (Lipinski definition) is 0. The molecule has 3 aliphatic rings. The van der Waals surface area contributed by atoms with Gasteiger partial charge in [-0.15, -0.1) is 0 Å². The molecular weight excluding hydrogens is 155 g/mol. The Balaban J connectivity index is 1.82. The van der Waals surface area contributed by atoms with E-state index >= 15 is 0 Å². The molecule has 0 bridgehead atoms. The molecule has 72 valence electrons. The lowest BCUT2D eigenvalue weighted by Crippen LogP contribution is -2.51. The molecule has 13 heavy (non-hydrogen) atoms. The monoisotopic (exact) mass is 176 g/mol. The molecule has 1 spiro atoms. The van der Waals surface area contributed by atoms with E-state index in [-0.39, 0.29) is 0 Å². The lowest BCUT2D eigenvalue weighted by Gasteiger charge is -2.61. The maximum Gasteiger partial charge on any atom is 0.105 e. The van der Waals surface area contributed by atoms with E-state index in [0.717, 1.165) is 17.2 Å². The normalized spacial score (nSPS) is 54.6. The Morgan fingerprint density at radius 3 is 2.46 bits per heavy atom. The first-order chi connectivity index (χ1) is 6.31. The molecule has 0 radical (unpaired) electrons. The second-order valence-electron chi connectivity index (χ2n) is 5.98. The van der Waals surface area contributed by atoms with Crippen LogP contribution in [-0.2, 0) is 0 Å². The van der Waals surface area contributed by atoms with E-state index in [1.807, 2.05) is 0 Å². The van der Waals surface area contributed by atoms with Crippen molar-refractivity contribution in [1.82, 2.24) is 0 Å². The molecule has 0 aromatic carbocycles. The lowest BCUT2D eigenvalue weighted by molar-refractivity contribution is -0.0948. The molecule has 0 saturated heterocycles. The summed E-state index contributed by atoms with van der Waals surface area (Å²) in [6.45, 7) is 0. The molecule has 0 aromatic heterocycles. The molecule has 3 aliphatic carbocycles. The van der Waals surface area contributed by atoms with Crippen LogP contribution in [0.1, 0.15) is 51.4 Å². The van der Waals surface area contributed by atoms with Crippen LogP contribution in [-0.4, -0.2) is 7.85 Å². The van der Waals surface area contributed by atoms with E-state index in [0.29, 0.717) is 0 Å². The van der Waals surface area contributed by atoms with E-state index in [2.05, 4.69) is 7.85 Å². The third-order valence-electron chi connectivity index (χ3n) is 5.48. The molecule has 3 saturated carbocycles. The van der Waals surface area contributed by atoms with E-state index in [1.165, 1.54) is 12.3 Å². The molecule has 4 atom stereocenters.